The maximum atomic E-state index is 15.1. The van der Waals surface area contributed by atoms with Crippen LogP contribution in [0.1, 0.15) is 33.9 Å². The molecule has 11 nitrogen and oxygen atoms in total. The van der Waals surface area contributed by atoms with E-state index < -0.39 is 68.0 Å². The second-order valence-electron chi connectivity index (χ2n) is 7.26. The molecule has 6 atom stereocenters. The molecule has 1 fully saturated rings. The SMILES string of the molecule is CC(C)OC(=O)[C@H](C)N[PH](=O)OC[C@@]1(F)O[C@@H](n2ccc(=O)[nH]c2=O)[C@](C)(F)[C@@H]1O. The predicted molar refractivity (Wildman–Crippen MR) is 99.6 cm³/mol. The Bertz CT molecular complexity index is 920. The molecule has 2 heterocycles. The van der Waals surface area contributed by atoms with Gasteiger partial charge in [0.1, 0.15) is 12.6 Å². The van der Waals surface area contributed by atoms with Crippen LogP contribution in [0.2, 0.25) is 0 Å². The van der Waals surface area contributed by atoms with Gasteiger partial charge in [-0.1, -0.05) is 0 Å². The van der Waals surface area contributed by atoms with E-state index in [9.17, 15) is 24.1 Å². The number of esters is 1. The molecule has 0 aromatic carbocycles. The molecule has 1 aromatic heterocycles. The molecule has 1 aliphatic heterocycles. The molecular weight excluding hydrogens is 431 g/mol. The van der Waals surface area contributed by atoms with Crippen molar-refractivity contribution in [3.63, 3.8) is 0 Å². The van der Waals surface area contributed by atoms with Crippen molar-refractivity contribution in [1.29, 1.82) is 0 Å². The maximum absolute atomic E-state index is 15.1. The van der Waals surface area contributed by atoms with Gasteiger partial charge in [0.2, 0.25) is 0 Å². The molecule has 3 N–H and O–H groups in total. The van der Waals surface area contributed by atoms with Gasteiger partial charge in [-0.15, -0.1) is 0 Å². The first-order valence-electron chi connectivity index (χ1n) is 8.97. The van der Waals surface area contributed by atoms with E-state index in [0.717, 1.165) is 19.2 Å². The summed E-state index contributed by atoms with van der Waals surface area (Å²) in [7, 11) is -3.22. The average Bonchev–Trinajstić information content (AvgIpc) is 2.80. The van der Waals surface area contributed by atoms with E-state index in [-0.39, 0.29) is 0 Å². The van der Waals surface area contributed by atoms with Gasteiger partial charge < -0.3 is 19.1 Å². The Kier molecular flexibility index (Phi) is 7.36. The molecule has 14 heteroatoms. The normalized spacial score (nSPS) is 30.9. The number of aromatic nitrogens is 2. The molecule has 1 aliphatic rings. The topological polar surface area (TPSA) is 149 Å². The lowest BCUT2D eigenvalue weighted by molar-refractivity contribution is -0.202. The zero-order valence-corrected chi connectivity index (χ0v) is 17.7. The lowest BCUT2D eigenvalue weighted by Gasteiger charge is -2.25. The number of aliphatic hydroxyl groups excluding tert-OH is 1. The summed E-state index contributed by atoms with van der Waals surface area (Å²) in [5.41, 5.74) is -4.65. The van der Waals surface area contributed by atoms with Crippen LogP contribution in [0.25, 0.3) is 0 Å². The van der Waals surface area contributed by atoms with Crippen molar-refractivity contribution in [2.45, 2.75) is 63.7 Å². The van der Waals surface area contributed by atoms with E-state index >= 15 is 8.78 Å². The number of nitrogens with zero attached hydrogens (tertiary/aromatic N) is 1. The molecular formula is C16H24F2N3O8P. The van der Waals surface area contributed by atoms with Gasteiger partial charge in [-0.05, 0) is 27.7 Å². The molecule has 0 aliphatic carbocycles. The molecule has 0 bridgehead atoms. The number of alkyl halides is 2. The van der Waals surface area contributed by atoms with Crippen molar-refractivity contribution in [3.8, 4) is 0 Å². The first-order valence-corrected chi connectivity index (χ1v) is 10.3. The lowest BCUT2D eigenvalue weighted by atomic mass is 9.97. The molecule has 1 aromatic rings. The van der Waals surface area contributed by atoms with Crippen LogP contribution in [-0.2, 0) is 23.4 Å². The van der Waals surface area contributed by atoms with Crippen LogP contribution in [0.3, 0.4) is 0 Å². The standard InChI is InChI=1S/C16H24F2N3O8P/c1-8(2)28-11(23)9(3)20-30(26)27-7-16(18)12(24)15(4,17)13(29-16)21-6-5-10(22)19-14(21)25/h5-6,8-9,12-13,24,30H,7H2,1-4H3,(H,20,26)(H,19,22,25)/t9-,12-,13+,15+,16+/m0/s1. The molecule has 0 radical (unpaired) electrons. The molecule has 1 saturated heterocycles. The maximum Gasteiger partial charge on any atom is 0.330 e. The van der Waals surface area contributed by atoms with Crippen molar-refractivity contribution in [2.75, 3.05) is 6.61 Å². The average molecular weight is 455 g/mol. The Morgan fingerprint density at radius 3 is 2.63 bits per heavy atom. The van der Waals surface area contributed by atoms with Crippen molar-refractivity contribution in [2.24, 2.45) is 0 Å². The summed E-state index contributed by atoms with van der Waals surface area (Å²) in [5, 5.41) is 12.4. The highest BCUT2D eigenvalue weighted by Gasteiger charge is 2.64. The number of carbonyl (C=O) groups excluding carboxylic acids is 1. The third kappa shape index (κ3) is 5.22. The van der Waals surface area contributed by atoms with E-state index in [0.29, 0.717) is 4.57 Å². The van der Waals surface area contributed by atoms with Gasteiger partial charge in [-0.2, -0.15) is 0 Å². The Morgan fingerprint density at radius 1 is 1.43 bits per heavy atom. The van der Waals surface area contributed by atoms with E-state index in [2.05, 4.69) is 5.09 Å². The third-order valence-corrected chi connectivity index (χ3v) is 5.35. The Morgan fingerprint density at radius 2 is 2.07 bits per heavy atom. The summed E-state index contributed by atoms with van der Waals surface area (Å²) in [6, 6.07) is -0.148. The fourth-order valence-electron chi connectivity index (χ4n) is 2.75. The number of hydrogen-bond acceptors (Lipinski definition) is 8. The number of nitrogens with one attached hydrogen (secondary N) is 2. The number of H-pyrrole nitrogens is 1. The van der Waals surface area contributed by atoms with Crippen molar-refractivity contribution < 1.29 is 37.2 Å². The zero-order chi connectivity index (χ0) is 22.9. The highest BCUT2D eigenvalue weighted by molar-refractivity contribution is 7.36. The Labute approximate surface area is 170 Å². The number of halogens is 2. The van der Waals surface area contributed by atoms with Crippen LogP contribution in [0, 0.1) is 0 Å². The van der Waals surface area contributed by atoms with Crippen molar-refractivity contribution in [1.82, 2.24) is 14.6 Å². The zero-order valence-electron chi connectivity index (χ0n) is 16.7. The van der Waals surface area contributed by atoms with E-state index in [4.69, 9.17) is 14.0 Å². The van der Waals surface area contributed by atoms with Gasteiger partial charge in [-0.3, -0.25) is 23.7 Å². The van der Waals surface area contributed by atoms with Crippen molar-refractivity contribution >= 4 is 14.1 Å². The highest BCUT2D eigenvalue weighted by Crippen LogP contribution is 2.47. The number of aromatic amines is 1. The van der Waals surface area contributed by atoms with Gasteiger partial charge in [0, 0.05) is 12.3 Å². The lowest BCUT2D eigenvalue weighted by Crippen LogP contribution is -2.47. The van der Waals surface area contributed by atoms with Crippen LogP contribution < -0.4 is 16.3 Å². The second kappa shape index (κ2) is 9.06. The van der Waals surface area contributed by atoms with Gasteiger partial charge in [0.25, 0.3) is 19.6 Å². The summed E-state index contributed by atoms with van der Waals surface area (Å²) >= 11 is 0. The molecule has 30 heavy (non-hydrogen) atoms. The molecule has 2 rings (SSSR count). The smallest absolute Gasteiger partial charge is 0.330 e. The number of ether oxygens (including phenoxy) is 2. The fraction of sp³-hybridized carbons (Fsp3) is 0.688. The summed E-state index contributed by atoms with van der Waals surface area (Å²) in [5.74, 6) is -3.89. The molecule has 1 unspecified atom stereocenters. The minimum Gasteiger partial charge on any atom is -0.462 e. The van der Waals surface area contributed by atoms with Crippen LogP contribution in [-0.4, -0.2) is 57.0 Å². The van der Waals surface area contributed by atoms with E-state index in [1.165, 1.54) is 6.92 Å². The third-order valence-electron chi connectivity index (χ3n) is 4.28. The largest absolute Gasteiger partial charge is 0.462 e. The van der Waals surface area contributed by atoms with Crippen LogP contribution >= 0.6 is 8.18 Å². The Hall–Kier alpha value is -1.92. The highest BCUT2D eigenvalue weighted by atomic mass is 31.1. The summed E-state index contributed by atoms with van der Waals surface area (Å²) in [4.78, 5) is 36.6. The Balaban J connectivity index is 2.08. The quantitative estimate of drug-likeness (QED) is 0.368. The van der Waals surface area contributed by atoms with Gasteiger partial charge >= 0.3 is 11.7 Å². The molecule has 170 valence electrons. The molecule has 0 amide bonds. The summed E-state index contributed by atoms with van der Waals surface area (Å²) < 4.78 is 57.3. The van der Waals surface area contributed by atoms with Gasteiger partial charge in [0.15, 0.2) is 18.0 Å². The summed E-state index contributed by atoms with van der Waals surface area (Å²) in [6.07, 6.45) is -3.89. The van der Waals surface area contributed by atoms with Crippen molar-refractivity contribution in [3.05, 3.63) is 33.1 Å². The second-order valence-corrected chi connectivity index (χ2v) is 8.41. The fourth-order valence-corrected chi connectivity index (χ4v) is 3.63. The first-order chi connectivity index (χ1) is 13.8. The molecule has 0 saturated carbocycles. The summed E-state index contributed by atoms with van der Waals surface area (Å²) in [6.45, 7) is 4.22. The van der Waals surface area contributed by atoms with Gasteiger partial charge in [-0.25, -0.2) is 18.7 Å². The van der Waals surface area contributed by atoms with E-state index in [1.54, 1.807) is 13.8 Å². The minimum absolute atomic E-state index is 0.406. The molecule has 0 spiro atoms. The number of aliphatic hydroxyl groups is 1. The van der Waals surface area contributed by atoms with Gasteiger partial charge in [0.05, 0.1) is 6.10 Å². The number of rotatable bonds is 8. The van der Waals surface area contributed by atoms with Crippen LogP contribution in [0.5, 0.6) is 0 Å². The van der Waals surface area contributed by atoms with E-state index in [1.807, 2.05) is 4.98 Å². The van der Waals surface area contributed by atoms with Crippen LogP contribution in [0.4, 0.5) is 8.78 Å². The number of hydrogen-bond donors (Lipinski definition) is 3. The number of carbonyl (C=O) groups is 1. The first kappa shape index (κ1) is 24.4. The minimum atomic E-state index is -3.22. The monoisotopic (exact) mass is 455 g/mol. The van der Waals surface area contributed by atoms with Crippen LogP contribution in [0.15, 0.2) is 21.9 Å². The predicted octanol–water partition coefficient (Wildman–Crippen LogP) is 0.156.